The standard InChI is InChI=1S/C24H26O5S/c1-28-14-20-16-30(26,27)23-15-29-22(24(20)23)12-9-19(18-5-3-2-4-6-18)13-17-7-10-21(25)11-8-17/h2-8,10-11,13,22-23,25H,9,12,14-16H2,1H3/b19-13-/t22-,23+/m1/s1. The average molecular weight is 427 g/mol. The number of methoxy groups -OCH3 is 1. The van der Waals surface area contributed by atoms with E-state index >= 15 is 0 Å². The molecular weight excluding hydrogens is 400 g/mol. The van der Waals surface area contributed by atoms with Crippen LogP contribution in [0.4, 0.5) is 0 Å². The van der Waals surface area contributed by atoms with Crippen LogP contribution in [0, 0.1) is 0 Å². The number of phenolic OH excluding ortho intramolecular Hbond substituents is 1. The van der Waals surface area contributed by atoms with Gasteiger partial charge in [0.05, 0.1) is 25.1 Å². The summed E-state index contributed by atoms with van der Waals surface area (Å²) in [6.45, 7) is 0.567. The molecule has 2 heterocycles. The number of fused-ring (bicyclic) bond motifs is 1. The van der Waals surface area contributed by atoms with E-state index in [2.05, 4.69) is 18.2 Å². The Labute approximate surface area is 177 Å². The van der Waals surface area contributed by atoms with Gasteiger partial charge in [0, 0.05) is 7.11 Å². The highest BCUT2D eigenvalue weighted by atomic mass is 32.2. The van der Waals surface area contributed by atoms with E-state index in [0.717, 1.165) is 34.3 Å². The van der Waals surface area contributed by atoms with Crippen molar-refractivity contribution in [1.82, 2.24) is 0 Å². The smallest absolute Gasteiger partial charge is 0.163 e. The Hall–Kier alpha value is -2.41. The number of hydrogen-bond acceptors (Lipinski definition) is 5. The van der Waals surface area contributed by atoms with Crippen molar-refractivity contribution in [1.29, 1.82) is 0 Å². The van der Waals surface area contributed by atoms with E-state index in [4.69, 9.17) is 9.47 Å². The fourth-order valence-corrected chi connectivity index (χ4v) is 6.25. The lowest BCUT2D eigenvalue weighted by Gasteiger charge is -2.15. The molecule has 1 saturated heterocycles. The second-order valence-electron chi connectivity index (χ2n) is 7.78. The van der Waals surface area contributed by atoms with E-state index in [9.17, 15) is 13.5 Å². The highest BCUT2D eigenvalue weighted by Crippen LogP contribution is 2.39. The van der Waals surface area contributed by atoms with Gasteiger partial charge < -0.3 is 14.6 Å². The van der Waals surface area contributed by atoms with E-state index in [-0.39, 0.29) is 24.2 Å². The minimum atomic E-state index is -3.19. The molecule has 0 bridgehead atoms. The summed E-state index contributed by atoms with van der Waals surface area (Å²) in [6.07, 6.45) is 3.35. The normalized spacial score (nSPS) is 23.0. The van der Waals surface area contributed by atoms with Crippen LogP contribution in [0.25, 0.3) is 11.6 Å². The molecule has 0 aliphatic carbocycles. The van der Waals surface area contributed by atoms with Crippen LogP contribution in [-0.4, -0.2) is 51.0 Å². The van der Waals surface area contributed by atoms with Crippen molar-refractivity contribution in [3.63, 3.8) is 0 Å². The van der Waals surface area contributed by atoms with E-state index in [0.29, 0.717) is 13.0 Å². The molecule has 0 spiro atoms. The van der Waals surface area contributed by atoms with Crippen molar-refractivity contribution in [3.05, 3.63) is 76.9 Å². The minimum absolute atomic E-state index is 0.0790. The lowest BCUT2D eigenvalue weighted by Crippen LogP contribution is -2.19. The van der Waals surface area contributed by atoms with Crippen molar-refractivity contribution in [3.8, 4) is 5.75 Å². The predicted molar refractivity (Wildman–Crippen MR) is 118 cm³/mol. The number of allylic oxidation sites excluding steroid dienone is 1. The van der Waals surface area contributed by atoms with Crippen molar-refractivity contribution in [2.45, 2.75) is 24.2 Å². The van der Waals surface area contributed by atoms with Crippen LogP contribution in [0.1, 0.15) is 24.0 Å². The second kappa shape index (κ2) is 8.76. The van der Waals surface area contributed by atoms with Gasteiger partial charge in [0.2, 0.25) is 0 Å². The first-order valence-electron chi connectivity index (χ1n) is 10.1. The van der Waals surface area contributed by atoms with Crippen LogP contribution in [-0.2, 0) is 19.3 Å². The number of sulfone groups is 1. The first kappa shape index (κ1) is 20.8. The summed E-state index contributed by atoms with van der Waals surface area (Å²) in [5.74, 6) is 0.314. The highest BCUT2D eigenvalue weighted by molar-refractivity contribution is 7.92. The van der Waals surface area contributed by atoms with Crippen LogP contribution in [0.3, 0.4) is 0 Å². The predicted octanol–water partition coefficient (Wildman–Crippen LogP) is 3.85. The quantitative estimate of drug-likeness (QED) is 0.538. The molecule has 1 N–H and O–H groups in total. The maximum atomic E-state index is 12.5. The third kappa shape index (κ3) is 4.36. The van der Waals surface area contributed by atoms with E-state index in [1.807, 2.05) is 30.3 Å². The van der Waals surface area contributed by atoms with E-state index in [1.165, 1.54) is 0 Å². The van der Waals surface area contributed by atoms with Gasteiger partial charge in [-0.1, -0.05) is 48.5 Å². The molecule has 0 amide bonds. The molecule has 158 valence electrons. The fourth-order valence-electron chi connectivity index (χ4n) is 4.32. The van der Waals surface area contributed by atoms with Gasteiger partial charge in [0.15, 0.2) is 9.84 Å². The summed E-state index contributed by atoms with van der Waals surface area (Å²) >= 11 is 0. The average Bonchev–Trinajstić information content (AvgIpc) is 3.27. The van der Waals surface area contributed by atoms with Crippen molar-refractivity contribution >= 4 is 21.5 Å². The summed E-state index contributed by atoms with van der Waals surface area (Å²) < 4.78 is 36.2. The summed E-state index contributed by atoms with van der Waals surface area (Å²) in [6, 6.07) is 17.2. The van der Waals surface area contributed by atoms with Gasteiger partial charge in [-0.05, 0) is 52.8 Å². The first-order valence-corrected chi connectivity index (χ1v) is 11.8. The summed E-state index contributed by atoms with van der Waals surface area (Å²) in [5.41, 5.74) is 5.02. The molecule has 2 aromatic rings. The zero-order chi connectivity index (χ0) is 21.1. The highest BCUT2D eigenvalue weighted by Gasteiger charge is 2.46. The third-order valence-corrected chi connectivity index (χ3v) is 7.74. The number of phenols is 1. The number of hydrogen-bond donors (Lipinski definition) is 1. The maximum absolute atomic E-state index is 12.5. The SMILES string of the molecule is COCC1=C2[C@@H](CC/C(=C/c3ccc(O)cc3)c3ccccc3)OC[C@@H]2S(=O)(=O)C1. The fraction of sp³-hybridized carbons (Fsp3) is 0.333. The molecule has 0 radical (unpaired) electrons. The third-order valence-electron chi connectivity index (χ3n) is 5.73. The largest absolute Gasteiger partial charge is 0.508 e. The van der Waals surface area contributed by atoms with Gasteiger partial charge in [-0.15, -0.1) is 0 Å². The molecule has 0 unspecified atom stereocenters. The van der Waals surface area contributed by atoms with Gasteiger partial charge in [0.25, 0.3) is 0 Å². The number of aromatic hydroxyl groups is 1. The Kier molecular flexibility index (Phi) is 6.09. The maximum Gasteiger partial charge on any atom is 0.163 e. The van der Waals surface area contributed by atoms with Crippen LogP contribution in [0.15, 0.2) is 65.7 Å². The molecular formula is C24H26O5S. The van der Waals surface area contributed by atoms with E-state index in [1.54, 1.807) is 19.2 Å². The Bertz CT molecular complexity index is 1050. The Morgan fingerprint density at radius 1 is 1.17 bits per heavy atom. The number of ether oxygens (including phenoxy) is 2. The zero-order valence-electron chi connectivity index (χ0n) is 17.0. The lowest BCUT2D eigenvalue weighted by molar-refractivity contribution is 0.118. The molecule has 30 heavy (non-hydrogen) atoms. The number of rotatable bonds is 7. The van der Waals surface area contributed by atoms with Crippen LogP contribution >= 0.6 is 0 Å². The van der Waals surface area contributed by atoms with Crippen molar-refractivity contribution in [2.75, 3.05) is 26.1 Å². The van der Waals surface area contributed by atoms with Crippen LogP contribution in [0.5, 0.6) is 5.75 Å². The Morgan fingerprint density at radius 3 is 2.60 bits per heavy atom. The van der Waals surface area contributed by atoms with Crippen LogP contribution in [0.2, 0.25) is 0 Å². The monoisotopic (exact) mass is 426 g/mol. The van der Waals surface area contributed by atoms with E-state index < -0.39 is 15.1 Å². The van der Waals surface area contributed by atoms with Gasteiger partial charge in [-0.25, -0.2) is 8.42 Å². The molecule has 1 fully saturated rings. The Balaban J connectivity index is 1.59. The topological polar surface area (TPSA) is 72.8 Å². The van der Waals surface area contributed by atoms with Gasteiger partial charge in [-0.2, -0.15) is 0 Å². The summed E-state index contributed by atoms with van der Waals surface area (Å²) in [4.78, 5) is 0. The van der Waals surface area contributed by atoms with Crippen molar-refractivity contribution < 1.29 is 23.0 Å². The van der Waals surface area contributed by atoms with Crippen LogP contribution < -0.4 is 0 Å². The molecule has 2 aliphatic rings. The van der Waals surface area contributed by atoms with Gasteiger partial charge in [-0.3, -0.25) is 0 Å². The lowest BCUT2D eigenvalue weighted by atomic mass is 9.93. The molecule has 0 aromatic heterocycles. The first-order chi connectivity index (χ1) is 14.5. The molecule has 0 saturated carbocycles. The minimum Gasteiger partial charge on any atom is -0.508 e. The molecule has 2 aromatic carbocycles. The second-order valence-corrected chi connectivity index (χ2v) is 9.96. The zero-order valence-corrected chi connectivity index (χ0v) is 17.8. The molecule has 2 atom stereocenters. The van der Waals surface area contributed by atoms with Crippen molar-refractivity contribution in [2.24, 2.45) is 0 Å². The summed E-state index contributed by atoms with van der Waals surface area (Å²) in [7, 11) is -1.60. The Morgan fingerprint density at radius 2 is 1.90 bits per heavy atom. The molecule has 2 aliphatic heterocycles. The molecule has 6 heteroatoms. The molecule has 4 rings (SSSR count). The summed E-state index contributed by atoms with van der Waals surface area (Å²) in [5, 5.41) is 9.03. The van der Waals surface area contributed by atoms with Gasteiger partial charge in [0.1, 0.15) is 11.0 Å². The molecule has 5 nitrogen and oxygen atoms in total. The number of benzene rings is 2. The van der Waals surface area contributed by atoms with Gasteiger partial charge >= 0.3 is 0 Å².